The summed E-state index contributed by atoms with van der Waals surface area (Å²) >= 11 is 0. The zero-order valence-electron chi connectivity index (χ0n) is 16.3. The number of carbonyl (C=O) groups excluding carboxylic acids is 2. The molecule has 2 aromatic carbocycles. The second kappa shape index (κ2) is 8.60. The van der Waals surface area contributed by atoms with E-state index in [4.69, 9.17) is 9.52 Å². The Bertz CT molecular complexity index is 1180. The van der Waals surface area contributed by atoms with Crippen LogP contribution in [-0.4, -0.2) is 35.0 Å². The summed E-state index contributed by atoms with van der Waals surface area (Å²) in [6.45, 7) is 2.77. The first kappa shape index (κ1) is 20.8. The molecule has 0 radical (unpaired) electrons. The van der Waals surface area contributed by atoms with Crippen LogP contribution in [0.5, 0.6) is 0 Å². The van der Waals surface area contributed by atoms with Crippen LogP contribution in [0.2, 0.25) is 0 Å². The molecule has 2 atom stereocenters. The molecule has 0 aliphatic carbocycles. The predicted molar refractivity (Wildman–Crippen MR) is 110 cm³/mol. The van der Waals surface area contributed by atoms with E-state index in [1.165, 1.54) is 19.9 Å². The van der Waals surface area contributed by atoms with Crippen molar-refractivity contribution >= 4 is 28.8 Å². The molecule has 0 aliphatic heterocycles. The van der Waals surface area contributed by atoms with Gasteiger partial charge in [0.25, 0.3) is 5.91 Å². The summed E-state index contributed by atoms with van der Waals surface area (Å²) in [7, 11) is 0. The first-order valence-electron chi connectivity index (χ1n) is 9.23. The molecule has 3 aromatic rings. The van der Waals surface area contributed by atoms with Crippen molar-refractivity contribution in [1.29, 1.82) is 0 Å². The molecular formula is C22H20N2O6. The van der Waals surface area contributed by atoms with Gasteiger partial charge in [-0.25, -0.2) is 4.79 Å². The maximum atomic E-state index is 12.6. The predicted octanol–water partition coefficient (Wildman–Crippen LogP) is 2.17. The molecule has 0 aliphatic rings. The maximum absolute atomic E-state index is 12.6. The average Bonchev–Trinajstić information content (AvgIpc) is 2.73. The molecule has 154 valence electrons. The van der Waals surface area contributed by atoms with Crippen LogP contribution in [0, 0.1) is 0 Å². The van der Waals surface area contributed by atoms with Crippen LogP contribution >= 0.6 is 0 Å². The number of fused-ring (bicyclic) bond motifs is 1. The fraction of sp³-hybridized carbons (Fsp3) is 0.182. The van der Waals surface area contributed by atoms with Crippen LogP contribution in [0.4, 0.5) is 0 Å². The SMILES string of the molecule is CC(NC(=O)C(C)NC(=O)c1cccc(-c2cc3ccccc3oc2=O)c1)C(=O)O. The quantitative estimate of drug-likeness (QED) is 0.537. The highest BCUT2D eigenvalue weighted by molar-refractivity contribution is 5.99. The van der Waals surface area contributed by atoms with Crippen LogP contribution in [0.25, 0.3) is 22.1 Å². The molecule has 30 heavy (non-hydrogen) atoms. The van der Waals surface area contributed by atoms with Gasteiger partial charge in [-0.3, -0.25) is 14.4 Å². The molecule has 1 aromatic heterocycles. The van der Waals surface area contributed by atoms with Crippen molar-refractivity contribution in [3.8, 4) is 11.1 Å². The number of benzene rings is 2. The summed E-state index contributed by atoms with van der Waals surface area (Å²) in [5.74, 6) is -2.33. The van der Waals surface area contributed by atoms with Gasteiger partial charge in [0, 0.05) is 10.9 Å². The van der Waals surface area contributed by atoms with E-state index < -0.39 is 35.5 Å². The van der Waals surface area contributed by atoms with Crippen molar-refractivity contribution in [3.05, 3.63) is 70.6 Å². The van der Waals surface area contributed by atoms with E-state index in [1.807, 2.05) is 12.1 Å². The Hall–Kier alpha value is -3.94. The molecule has 8 nitrogen and oxygen atoms in total. The van der Waals surface area contributed by atoms with Gasteiger partial charge in [0.05, 0.1) is 5.56 Å². The van der Waals surface area contributed by atoms with Crippen LogP contribution in [0.1, 0.15) is 24.2 Å². The molecule has 0 saturated carbocycles. The number of hydrogen-bond acceptors (Lipinski definition) is 5. The Morgan fingerprint density at radius 1 is 0.933 bits per heavy atom. The van der Waals surface area contributed by atoms with Gasteiger partial charge >= 0.3 is 11.6 Å². The highest BCUT2D eigenvalue weighted by atomic mass is 16.4. The number of amides is 2. The number of carbonyl (C=O) groups is 3. The Morgan fingerprint density at radius 3 is 2.40 bits per heavy atom. The fourth-order valence-electron chi connectivity index (χ4n) is 2.84. The van der Waals surface area contributed by atoms with E-state index in [-0.39, 0.29) is 5.56 Å². The van der Waals surface area contributed by atoms with Crippen molar-refractivity contribution in [2.45, 2.75) is 25.9 Å². The Kier molecular flexibility index (Phi) is 5.96. The number of rotatable bonds is 6. The van der Waals surface area contributed by atoms with Gasteiger partial charge in [-0.1, -0.05) is 30.3 Å². The third-order valence-electron chi connectivity index (χ3n) is 4.55. The second-order valence-corrected chi connectivity index (χ2v) is 6.83. The third kappa shape index (κ3) is 4.54. The largest absolute Gasteiger partial charge is 0.480 e. The van der Waals surface area contributed by atoms with Crippen molar-refractivity contribution in [2.75, 3.05) is 0 Å². The summed E-state index contributed by atoms with van der Waals surface area (Å²) in [5, 5.41) is 14.4. The lowest BCUT2D eigenvalue weighted by Gasteiger charge is -2.16. The maximum Gasteiger partial charge on any atom is 0.344 e. The first-order valence-corrected chi connectivity index (χ1v) is 9.23. The van der Waals surface area contributed by atoms with Crippen molar-refractivity contribution < 1.29 is 23.9 Å². The normalized spacial score (nSPS) is 12.7. The smallest absolute Gasteiger partial charge is 0.344 e. The lowest BCUT2D eigenvalue weighted by Crippen LogP contribution is -2.49. The molecule has 1 heterocycles. The second-order valence-electron chi connectivity index (χ2n) is 6.83. The van der Waals surface area contributed by atoms with Crippen LogP contribution in [0.15, 0.2) is 63.8 Å². The number of carboxylic acid groups (broad SMARTS) is 1. The summed E-state index contributed by atoms with van der Waals surface area (Å²) < 4.78 is 5.34. The number of aliphatic carboxylic acids is 1. The number of hydrogen-bond donors (Lipinski definition) is 3. The zero-order valence-corrected chi connectivity index (χ0v) is 16.3. The van der Waals surface area contributed by atoms with Gasteiger partial charge in [0.1, 0.15) is 17.7 Å². The Labute approximate surface area is 171 Å². The van der Waals surface area contributed by atoms with Crippen molar-refractivity contribution in [3.63, 3.8) is 0 Å². The molecule has 3 N–H and O–H groups in total. The summed E-state index contributed by atoms with van der Waals surface area (Å²) in [4.78, 5) is 47.8. The lowest BCUT2D eigenvalue weighted by atomic mass is 10.0. The van der Waals surface area contributed by atoms with E-state index in [9.17, 15) is 19.2 Å². The van der Waals surface area contributed by atoms with Gasteiger partial charge < -0.3 is 20.2 Å². The highest BCUT2D eigenvalue weighted by Crippen LogP contribution is 2.22. The average molecular weight is 408 g/mol. The molecule has 2 amide bonds. The molecule has 0 bridgehead atoms. The third-order valence-corrected chi connectivity index (χ3v) is 4.55. The van der Waals surface area contributed by atoms with Gasteiger partial charge in [-0.2, -0.15) is 0 Å². The minimum atomic E-state index is -1.18. The van der Waals surface area contributed by atoms with Gasteiger partial charge in [-0.05, 0) is 43.7 Å². The van der Waals surface area contributed by atoms with E-state index in [0.717, 1.165) is 5.39 Å². The minimum absolute atomic E-state index is 0.242. The highest BCUT2D eigenvalue weighted by Gasteiger charge is 2.21. The molecule has 2 unspecified atom stereocenters. The van der Waals surface area contributed by atoms with Crippen molar-refractivity contribution in [2.24, 2.45) is 0 Å². The summed E-state index contributed by atoms with van der Waals surface area (Å²) in [6, 6.07) is 13.2. The van der Waals surface area contributed by atoms with Gasteiger partial charge in [0.2, 0.25) is 5.91 Å². The van der Waals surface area contributed by atoms with E-state index in [1.54, 1.807) is 36.4 Å². The molecule has 8 heteroatoms. The Balaban J connectivity index is 1.81. The van der Waals surface area contributed by atoms with Crippen LogP contribution in [0.3, 0.4) is 0 Å². The lowest BCUT2D eigenvalue weighted by molar-refractivity contribution is -0.141. The number of carboxylic acids is 1. The Morgan fingerprint density at radius 2 is 1.67 bits per heavy atom. The number of nitrogens with one attached hydrogen (secondary N) is 2. The molecule has 0 fully saturated rings. The zero-order chi connectivity index (χ0) is 21.8. The van der Waals surface area contributed by atoms with Gasteiger partial charge in [0.15, 0.2) is 0 Å². The van der Waals surface area contributed by atoms with Crippen LogP contribution in [-0.2, 0) is 9.59 Å². The standard InChI is InChI=1S/C22H20N2O6/c1-12(19(25)24-13(2)21(27)28)23-20(26)16-8-5-7-14(10-16)17-11-15-6-3-4-9-18(15)30-22(17)29/h3-13H,1-2H3,(H,23,26)(H,24,25)(H,27,28). The van der Waals surface area contributed by atoms with Gasteiger partial charge in [-0.15, -0.1) is 0 Å². The molecular weight excluding hydrogens is 388 g/mol. The summed E-state index contributed by atoms with van der Waals surface area (Å²) in [5.41, 5.74) is 0.992. The first-order chi connectivity index (χ1) is 14.3. The number of para-hydroxylation sites is 1. The van der Waals surface area contributed by atoms with Crippen LogP contribution < -0.4 is 16.3 Å². The molecule has 0 spiro atoms. The topological polar surface area (TPSA) is 126 Å². The fourth-order valence-corrected chi connectivity index (χ4v) is 2.84. The minimum Gasteiger partial charge on any atom is -0.480 e. The molecule has 3 rings (SSSR count). The van der Waals surface area contributed by atoms with E-state index in [0.29, 0.717) is 16.7 Å². The monoisotopic (exact) mass is 408 g/mol. The summed E-state index contributed by atoms with van der Waals surface area (Å²) in [6.07, 6.45) is 0. The van der Waals surface area contributed by atoms with E-state index >= 15 is 0 Å². The molecule has 0 saturated heterocycles. The van der Waals surface area contributed by atoms with Crippen molar-refractivity contribution in [1.82, 2.24) is 10.6 Å². The van der Waals surface area contributed by atoms with E-state index in [2.05, 4.69) is 10.6 Å².